The van der Waals surface area contributed by atoms with Gasteiger partial charge in [-0.3, -0.25) is 9.48 Å². The molecule has 0 aliphatic rings. The van der Waals surface area contributed by atoms with Crippen molar-refractivity contribution in [3.05, 3.63) is 24.5 Å². The van der Waals surface area contributed by atoms with Crippen molar-refractivity contribution in [2.45, 2.75) is 6.42 Å². The molecule has 0 saturated carbocycles. The number of amides is 1. The summed E-state index contributed by atoms with van der Waals surface area (Å²) in [4.78, 5) is 11.5. The molecule has 0 saturated heterocycles. The van der Waals surface area contributed by atoms with E-state index in [0.717, 1.165) is 6.42 Å². The van der Waals surface area contributed by atoms with Crippen LogP contribution >= 0.6 is 0 Å². The summed E-state index contributed by atoms with van der Waals surface area (Å²) >= 11 is 0. The lowest BCUT2D eigenvalue weighted by atomic mass is 10.3. The van der Waals surface area contributed by atoms with Crippen molar-refractivity contribution < 1.29 is 4.79 Å². The second kappa shape index (κ2) is 4.45. The van der Waals surface area contributed by atoms with Crippen molar-refractivity contribution in [3.8, 4) is 0 Å². The van der Waals surface area contributed by atoms with Gasteiger partial charge in [-0.25, -0.2) is 0 Å². The summed E-state index contributed by atoms with van der Waals surface area (Å²) in [5, 5.41) is 6.59. The molecule has 0 bridgehead atoms. The second-order valence-corrected chi connectivity index (χ2v) is 2.91. The van der Waals surface area contributed by atoms with Crippen LogP contribution in [-0.4, -0.2) is 22.2 Å². The lowest BCUT2D eigenvalue weighted by Gasteiger charge is -2.04. The quantitative estimate of drug-likeness (QED) is 0.535. The molecular weight excluding hydrogens is 180 g/mol. The minimum absolute atomic E-state index is 0.204. The molecule has 1 aromatic rings. The van der Waals surface area contributed by atoms with Crippen molar-refractivity contribution in [1.82, 2.24) is 15.1 Å². The van der Waals surface area contributed by atoms with E-state index in [-0.39, 0.29) is 5.91 Å². The van der Waals surface area contributed by atoms with Crippen molar-refractivity contribution in [2.24, 2.45) is 7.05 Å². The molecule has 76 valence electrons. The van der Waals surface area contributed by atoms with Gasteiger partial charge < -0.3 is 11.1 Å². The zero-order chi connectivity index (χ0) is 10.6. The van der Waals surface area contributed by atoms with Gasteiger partial charge in [-0.2, -0.15) is 5.10 Å². The number of carbonyl (C=O) groups is 1. The van der Waals surface area contributed by atoms with Crippen molar-refractivity contribution in [1.29, 1.82) is 0 Å². The van der Waals surface area contributed by atoms with E-state index < -0.39 is 0 Å². The number of anilines is 1. The minimum atomic E-state index is -0.204. The molecule has 0 aliphatic carbocycles. The van der Waals surface area contributed by atoms with E-state index in [2.05, 4.69) is 17.0 Å². The van der Waals surface area contributed by atoms with Crippen molar-refractivity contribution in [2.75, 3.05) is 12.3 Å². The van der Waals surface area contributed by atoms with Gasteiger partial charge >= 0.3 is 0 Å². The smallest absolute Gasteiger partial charge is 0.271 e. The van der Waals surface area contributed by atoms with Crippen LogP contribution in [0.25, 0.3) is 0 Å². The van der Waals surface area contributed by atoms with Gasteiger partial charge in [0.2, 0.25) is 0 Å². The Morgan fingerprint density at radius 3 is 3.07 bits per heavy atom. The van der Waals surface area contributed by atoms with Crippen molar-refractivity contribution in [3.63, 3.8) is 0 Å². The largest absolute Gasteiger partial charge is 0.396 e. The van der Waals surface area contributed by atoms with Gasteiger partial charge in [0, 0.05) is 13.6 Å². The second-order valence-electron chi connectivity index (χ2n) is 2.91. The molecule has 5 heteroatoms. The molecule has 1 aromatic heterocycles. The third-order valence-electron chi connectivity index (χ3n) is 1.82. The highest BCUT2D eigenvalue weighted by Crippen LogP contribution is 2.08. The van der Waals surface area contributed by atoms with Crippen LogP contribution in [0, 0.1) is 0 Å². The summed E-state index contributed by atoms with van der Waals surface area (Å²) in [5.41, 5.74) is 6.37. The SMILES string of the molecule is C=CCCNC(=O)c1c(N)cnn1C. The summed E-state index contributed by atoms with van der Waals surface area (Å²) in [5.74, 6) is -0.204. The van der Waals surface area contributed by atoms with Gasteiger partial charge in [-0.05, 0) is 6.42 Å². The number of nitrogens with one attached hydrogen (secondary N) is 1. The van der Waals surface area contributed by atoms with E-state index in [1.807, 2.05) is 0 Å². The highest BCUT2D eigenvalue weighted by molar-refractivity contribution is 5.97. The van der Waals surface area contributed by atoms with Crippen LogP contribution in [0.2, 0.25) is 0 Å². The number of hydrogen-bond acceptors (Lipinski definition) is 3. The average Bonchev–Trinajstić information content (AvgIpc) is 2.46. The molecule has 0 aliphatic heterocycles. The minimum Gasteiger partial charge on any atom is -0.396 e. The highest BCUT2D eigenvalue weighted by atomic mass is 16.2. The van der Waals surface area contributed by atoms with E-state index in [4.69, 9.17) is 5.73 Å². The number of nitrogen functional groups attached to an aromatic ring is 1. The van der Waals surface area contributed by atoms with E-state index >= 15 is 0 Å². The van der Waals surface area contributed by atoms with Gasteiger partial charge in [0.1, 0.15) is 5.69 Å². The summed E-state index contributed by atoms with van der Waals surface area (Å²) in [6.45, 7) is 4.12. The van der Waals surface area contributed by atoms with Gasteiger partial charge in [0.25, 0.3) is 5.91 Å². The zero-order valence-corrected chi connectivity index (χ0v) is 8.16. The number of carbonyl (C=O) groups excluding carboxylic acids is 1. The van der Waals surface area contributed by atoms with Crippen LogP contribution < -0.4 is 11.1 Å². The topological polar surface area (TPSA) is 72.9 Å². The van der Waals surface area contributed by atoms with E-state index in [0.29, 0.717) is 17.9 Å². The van der Waals surface area contributed by atoms with Crippen LogP contribution in [0.15, 0.2) is 18.9 Å². The monoisotopic (exact) mass is 194 g/mol. The maximum absolute atomic E-state index is 11.5. The molecule has 0 unspecified atom stereocenters. The molecule has 1 heterocycles. The number of aryl methyl sites for hydroxylation is 1. The predicted molar refractivity (Wildman–Crippen MR) is 54.8 cm³/mol. The van der Waals surface area contributed by atoms with E-state index in [1.165, 1.54) is 10.9 Å². The van der Waals surface area contributed by atoms with Crippen LogP contribution in [0.4, 0.5) is 5.69 Å². The molecular formula is C9H14N4O. The highest BCUT2D eigenvalue weighted by Gasteiger charge is 2.13. The van der Waals surface area contributed by atoms with Crippen LogP contribution in [0.5, 0.6) is 0 Å². The van der Waals surface area contributed by atoms with Crippen LogP contribution in [-0.2, 0) is 7.05 Å². The number of nitrogens with two attached hydrogens (primary N) is 1. The summed E-state index contributed by atoms with van der Waals surface area (Å²) in [6, 6.07) is 0. The number of hydrogen-bond donors (Lipinski definition) is 2. The molecule has 0 atom stereocenters. The Morgan fingerprint density at radius 1 is 1.86 bits per heavy atom. The van der Waals surface area contributed by atoms with Crippen LogP contribution in [0.1, 0.15) is 16.9 Å². The van der Waals surface area contributed by atoms with Crippen LogP contribution in [0.3, 0.4) is 0 Å². The molecule has 0 radical (unpaired) electrons. The average molecular weight is 194 g/mol. The molecule has 1 amide bonds. The maximum atomic E-state index is 11.5. The van der Waals surface area contributed by atoms with Gasteiger partial charge in [-0.1, -0.05) is 6.08 Å². The Labute approximate surface area is 82.6 Å². The number of nitrogens with zero attached hydrogens (tertiary/aromatic N) is 2. The Hall–Kier alpha value is -1.78. The first-order valence-corrected chi connectivity index (χ1v) is 4.33. The first kappa shape index (κ1) is 10.3. The fourth-order valence-corrected chi connectivity index (χ4v) is 1.10. The Kier molecular flexibility index (Phi) is 3.28. The first-order chi connectivity index (χ1) is 6.66. The maximum Gasteiger partial charge on any atom is 0.271 e. The van der Waals surface area contributed by atoms with E-state index in [1.54, 1.807) is 13.1 Å². The van der Waals surface area contributed by atoms with E-state index in [9.17, 15) is 4.79 Å². The first-order valence-electron chi connectivity index (χ1n) is 4.33. The Morgan fingerprint density at radius 2 is 2.57 bits per heavy atom. The number of rotatable bonds is 4. The molecule has 3 N–H and O–H groups in total. The summed E-state index contributed by atoms with van der Waals surface area (Å²) < 4.78 is 1.46. The summed E-state index contributed by atoms with van der Waals surface area (Å²) in [6.07, 6.45) is 3.94. The Bertz CT molecular complexity index is 323. The fraction of sp³-hybridized carbons (Fsp3) is 0.333. The third-order valence-corrected chi connectivity index (χ3v) is 1.82. The zero-order valence-electron chi connectivity index (χ0n) is 8.16. The predicted octanol–water partition coefficient (Wildman–Crippen LogP) is 0.308. The molecule has 5 nitrogen and oxygen atoms in total. The van der Waals surface area contributed by atoms with Gasteiger partial charge in [0.05, 0.1) is 11.9 Å². The standard InChI is InChI=1S/C9H14N4O/c1-3-4-5-11-9(14)8-7(10)6-12-13(8)2/h3,6H,1,4-5,10H2,2H3,(H,11,14). The fourth-order valence-electron chi connectivity index (χ4n) is 1.10. The third kappa shape index (κ3) is 2.12. The molecule has 1 rings (SSSR count). The summed E-state index contributed by atoms with van der Waals surface area (Å²) in [7, 11) is 1.68. The molecule has 14 heavy (non-hydrogen) atoms. The van der Waals surface area contributed by atoms with Gasteiger partial charge in [0.15, 0.2) is 0 Å². The van der Waals surface area contributed by atoms with Crippen molar-refractivity contribution >= 4 is 11.6 Å². The normalized spacial score (nSPS) is 9.79. The molecule has 0 spiro atoms. The lowest BCUT2D eigenvalue weighted by Crippen LogP contribution is -2.27. The van der Waals surface area contributed by atoms with Gasteiger partial charge in [-0.15, -0.1) is 6.58 Å². The lowest BCUT2D eigenvalue weighted by molar-refractivity contribution is 0.0946. The number of aromatic nitrogens is 2. The molecule has 0 fully saturated rings. The molecule has 0 aromatic carbocycles. The Balaban J connectivity index is 2.64.